The molecule has 1 aliphatic heterocycles. The summed E-state index contributed by atoms with van der Waals surface area (Å²) in [7, 11) is 0. The van der Waals surface area contributed by atoms with Gasteiger partial charge in [-0.2, -0.15) is 15.0 Å². The van der Waals surface area contributed by atoms with Gasteiger partial charge in [-0.15, -0.1) is 0 Å². The summed E-state index contributed by atoms with van der Waals surface area (Å²) in [6.07, 6.45) is 1.94. The lowest BCUT2D eigenvalue weighted by Crippen LogP contribution is -2.37. The SMILES string of the molecule is CCCNc1nc(OCCC)nc(N2CCOCC2)n1. The molecular formula is C13H23N5O2. The Morgan fingerprint density at radius 3 is 2.65 bits per heavy atom. The fourth-order valence-electron chi connectivity index (χ4n) is 1.82. The number of aromatic nitrogens is 3. The van der Waals surface area contributed by atoms with Crippen LogP contribution in [0.25, 0.3) is 0 Å². The molecule has 2 heterocycles. The molecule has 1 aliphatic rings. The molecule has 0 unspecified atom stereocenters. The number of nitrogens with one attached hydrogen (secondary N) is 1. The van der Waals surface area contributed by atoms with E-state index in [1.165, 1.54) is 0 Å². The largest absolute Gasteiger partial charge is 0.463 e. The predicted molar refractivity (Wildman–Crippen MR) is 77.4 cm³/mol. The van der Waals surface area contributed by atoms with Crippen LogP contribution in [0.1, 0.15) is 26.7 Å². The van der Waals surface area contributed by atoms with Gasteiger partial charge in [-0.3, -0.25) is 0 Å². The van der Waals surface area contributed by atoms with Gasteiger partial charge in [0.2, 0.25) is 11.9 Å². The van der Waals surface area contributed by atoms with Gasteiger partial charge >= 0.3 is 6.01 Å². The first-order valence-corrected chi connectivity index (χ1v) is 7.29. The van der Waals surface area contributed by atoms with Gasteiger partial charge in [0.05, 0.1) is 19.8 Å². The third-order valence-corrected chi connectivity index (χ3v) is 2.87. The fourth-order valence-corrected chi connectivity index (χ4v) is 1.82. The molecule has 0 aliphatic carbocycles. The molecule has 0 radical (unpaired) electrons. The van der Waals surface area contributed by atoms with Crippen molar-refractivity contribution < 1.29 is 9.47 Å². The molecule has 7 nitrogen and oxygen atoms in total. The first-order chi connectivity index (χ1) is 9.83. The van der Waals surface area contributed by atoms with E-state index in [1.807, 2.05) is 0 Å². The number of nitrogens with zero attached hydrogens (tertiary/aromatic N) is 4. The third-order valence-electron chi connectivity index (χ3n) is 2.87. The first kappa shape index (κ1) is 14.8. The van der Waals surface area contributed by atoms with E-state index >= 15 is 0 Å². The van der Waals surface area contributed by atoms with E-state index in [4.69, 9.17) is 9.47 Å². The minimum Gasteiger partial charge on any atom is -0.463 e. The number of hydrogen-bond acceptors (Lipinski definition) is 7. The van der Waals surface area contributed by atoms with Crippen molar-refractivity contribution in [1.82, 2.24) is 15.0 Å². The Morgan fingerprint density at radius 2 is 1.95 bits per heavy atom. The highest BCUT2D eigenvalue weighted by Gasteiger charge is 2.16. The van der Waals surface area contributed by atoms with Crippen molar-refractivity contribution in [1.29, 1.82) is 0 Å². The minimum absolute atomic E-state index is 0.391. The lowest BCUT2D eigenvalue weighted by atomic mass is 10.4. The van der Waals surface area contributed by atoms with Crippen molar-refractivity contribution in [2.45, 2.75) is 26.7 Å². The van der Waals surface area contributed by atoms with Crippen LogP contribution in [0.2, 0.25) is 0 Å². The molecule has 0 aromatic carbocycles. The summed E-state index contributed by atoms with van der Waals surface area (Å²) in [6, 6.07) is 0.391. The number of hydrogen-bond donors (Lipinski definition) is 1. The van der Waals surface area contributed by atoms with E-state index in [0.717, 1.165) is 32.5 Å². The zero-order chi connectivity index (χ0) is 14.2. The van der Waals surface area contributed by atoms with Gasteiger partial charge in [0.1, 0.15) is 0 Å². The van der Waals surface area contributed by atoms with E-state index < -0.39 is 0 Å². The molecule has 0 atom stereocenters. The van der Waals surface area contributed by atoms with Crippen LogP contribution in [0.3, 0.4) is 0 Å². The van der Waals surface area contributed by atoms with Gasteiger partial charge in [0.25, 0.3) is 0 Å². The van der Waals surface area contributed by atoms with Gasteiger partial charge in [0, 0.05) is 19.6 Å². The predicted octanol–water partition coefficient (Wildman–Crippen LogP) is 1.32. The minimum atomic E-state index is 0.391. The van der Waals surface area contributed by atoms with E-state index in [0.29, 0.717) is 37.7 Å². The van der Waals surface area contributed by atoms with E-state index in [1.54, 1.807) is 0 Å². The lowest BCUT2D eigenvalue weighted by Gasteiger charge is -2.27. The van der Waals surface area contributed by atoms with E-state index in [-0.39, 0.29) is 0 Å². The van der Waals surface area contributed by atoms with Crippen LogP contribution in [-0.2, 0) is 4.74 Å². The van der Waals surface area contributed by atoms with Gasteiger partial charge in [0.15, 0.2) is 0 Å². The Kier molecular flexibility index (Phi) is 5.79. The lowest BCUT2D eigenvalue weighted by molar-refractivity contribution is 0.122. The molecule has 1 N–H and O–H groups in total. The Morgan fingerprint density at radius 1 is 1.15 bits per heavy atom. The molecule has 1 fully saturated rings. The molecule has 7 heteroatoms. The molecule has 0 bridgehead atoms. The van der Waals surface area contributed by atoms with Gasteiger partial charge < -0.3 is 19.7 Å². The molecule has 1 aromatic rings. The van der Waals surface area contributed by atoms with Crippen molar-refractivity contribution in [2.24, 2.45) is 0 Å². The average molecular weight is 281 g/mol. The first-order valence-electron chi connectivity index (χ1n) is 7.29. The van der Waals surface area contributed by atoms with Crippen molar-refractivity contribution in [2.75, 3.05) is 49.7 Å². The Balaban J connectivity index is 2.14. The van der Waals surface area contributed by atoms with Crippen LogP contribution in [0.15, 0.2) is 0 Å². The summed E-state index contributed by atoms with van der Waals surface area (Å²) in [4.78, 5) is 15.2. The smallest absolute Gasteiger partial charge is 0.323 e. The fraction of sp³-hybridized carbons (Fsp3) is 0.769. The summed E-state index contributed by atoms with van der Waals surface area (Å²) in [5.41, 5.74) is 0. The standard InChI is InChI=1S/C13H23N5O2/c1-3-5-14-11-15-12(18-6-9-19-10-7-18)17-13(16-11)20-8-4-2/h3-10H2,1-2H3,(H,14,15,16,17). The molecule has 0 saturated carbocycles. The van der Waals surface area contributed by atoms with Crippen LogP contribution in [0.5, 0.6) is 6.01 Å². The quantitative estimate of drug-likeness (QED) is 0.808. The second-order valence-corrected chi connectivity index (χ2v) is 4.62. The Hall–Kier alpha value is -1.63. The zero-order valence-electron chi connectivity index (χ0n) is 12.3. The average Bonchev–Trinajstić information content (AvgIpc) is 2.51. The van der Waals surface area contributed by atoms with Crippen LogP contribution < -0.4 is 15.0 Å². The molecule has 112 valence electrons. The van der Waals surface area contributed by atoms with Gasteiger partial charge in [-0.25, -0.2) is 0 Å². The summed E-state index contributed by atoms with van der Waals surface area (Å²) in [6.45, 7) is 8.60. The Labute approximate surface area is 119 Å². The van der Waals surface area contributed by atoms with Crippen LogP contribution in [0, 0.1) is 0 Å². The number of ether oxygens (including phenoxy) is 2. The second kappa shape index (κ2) is 7.84. The molecular weight excluding hydrogens is 258 g/mol. The normalized spacial score (nSPS) is 15.2. The number of anilines is 2. The molecule has 1 saturated heterocycles. The van der Waals surface area contributed by atoms with Crippen molar-refractivity contribution >= 4 is 11.9 Å². The number of morpholine rings is 1. The maximum atomic E-state index is 5.55. The Bertz CT molecular complexity index is 383. The summed E-state index contributed by atoms with van der Waals surface area (Å²) in [5, 5.41) is 3.19. The van der Waals surface area contributed by atoms with Crippen LogP contribution >= 0.6 is 0 Å². The maximum Gasteiger partial charge on any atom is 0.323 e. The highest BCUT2D eigenvalue weighted by Crippen LogP contribution is 2.16. The van der Waals surface area contributed by atoms with Crippen molar-refractivity contribution in [3.63, 3.8) is 0 Å². The van der Waals surface area contributed by atoms with Gasteiger partial charge in [-0.05, 0) is 12.8 Å². The molecule has 0 spiro atoms. The van der Waals surface area contributed by atoms with Crippen LogP contribution in [-0.4, -0.2) is 54.4 Å². The molecule has 20 heavy (non-hydrogen) atoms. The number of rotatable bonds is 7. The van der Waals surface area contributed by atoms with Crippen molar-refractivity contribution in [3.05, 3.63) is 0 Å². The van der Waals surface area contributed by atoms with Gasteiger partial charge in [-0.1, -0.05) is 13.8 Å². The molecule has 2 rings (SSSR count). The monoisotopic (exact) mass is 281 g/mol. The maximum absolute atomic E-state index is 5.55. The van der Waals surface area contributed by atoms with E-state index in [9.17, 15) is 0 Å². The molecule has 1 aromatic heterocycles. The summed E-state index contributed by atoms with van der Waals surface area (Å²) >= 11 is 0. The zero-order valence-corrected chi connectivity index (χ0v) is 12.3. The van der Waals surface area contributed by atoms with E-state index in [2.05, 4.69) is 39.0 Å². The van der Waals surface area contributed by atoms with Crippen LogP contribution in [0.4, 0.5) is 11.9 Å². The summed E-state index contributed by atoms with van der Waals surface area (Å²) in [5.74, 6) is 1.24. The second-order valence-electron chi connectivity index (χ2n) is 4.62. The summed E-state index contributed by atoms with van der Waals surface area (Å²) < 4.78 is 10.9. The third kappa shape index (κ3) is 4.19. The topological polar surface area (TPSA) is 72.4 Å². The highest BCUT2D eigenvalue weighted by atomic mass is 16.5. The molecule has 0 amide bonds. The highest BCUT2D eigenvalue weighted by molar-refractivity contribution is 5.38. The van der Waals surface area contributed by atoms with Crippen molar-refractivity contribution in [3.8, 4) is 6.01 Å².